The van der Waals surface area contributed by atoms with Crippen molar-refractivity contribution < 1.29 is 18.7 Å². The van der Waals surface area contributed by atoms with Gasteiger partial charge in [0.05, 0.1) is 17.0 Å². The topological polar surface area (TPSA) is 68.3 Å². The SMILES string of the molecule is C[C@@H](OC(=O)Cc1csc(-c2cccs2)n1)C(=O)Nc1cccc(F)c1. The van der Waals surface area contributed by atoms with Gasteiger partial charge in [-0.2, -0.15) is 0 Å². The van der Waals surface area contributed by atoms with Crippen LogP contribution in [0.4, 0.5) is 10.1 Å². The molecule has 0 spiro atoms. The number of thiophene rings is 1. The molecule has 0 bridgehead atoms. The Labute approximate surface area is 157 Å². The second-order valence-corrected chi connectivity index (χ2v) is 7.24. The van der Waals surface area contributed by atoms with Gasteiger partial charge in [-0.15, -0.1) is 22.7 Å². The van der Waals surface area contributed by atoms with Crippen LogP contribution in [-0.4, -0.2) is 23.0 Å². The molecule has 0 aliphatic heterocycles. The standard InChI is InChI=1S/C18H15FN2O3S2/c1-11(17(23)20-13-5-2-4-12(19)8-13)24-16(22)9-14-10-26-18(21-14)15-6-3-7-25-15/h2-8,10-11H,9H2,1H3,(H,20,23)/t11-/m1/s1. The van der Waals surface area contributed by atoms with Crippen LogP contribution in [-0.2, 0) is 20.7 Å². The average Bonchev–Trinajstić information content (AvgIpc) is 3.25. The number of halogens is 1. The highest BCUT2D eigenvalue weighted by molar-refractivity contribution is 7.20. The van der Waals surface area contributed by atoms with Crippen LogP contribution >= 0.6 is 22.7 Å². The van der Waals surface area contributed by atoms with Gasteiger partial charge in [-0.3, -0.25) is 9.59 Å². The molecule has 1 atom stereocenters. The molecular weight excluding hydrogens is 375 g/mol. The van der Waals surface area contributed by atoms with E-state index in [9.17, 15) is 14.0 Å². The minimum atomic E-state index is -0.999. The van der Waals surface area contributed by atoms with E-state index in [-0.39, 0.29) is 6.42 Å². The van der Waals surface area contributed by atoms with E-state index >= 15 is 0 Å². The number of esters is 1. The number of hydrogen-bond donors (Lipinski definition) is 1. The van der Waals surface area contributed by atoms with Gasteiger partial charge in [0.2, 0.25) is 0 Å². The lowest BCUT2D eigenvalue weighted by atomic mass is 10.3. The molecule has 2 aromatic heterocycles. The number of aromatic nitrogens is 1. The second-order valence-electron chi connectivity index (χ2n) is 5.43. The van der Waals surface area contributed by atoms with Crippen LogP contribution in [0, 0.1) is 5.82 Å². The highest BCUT2D eigenvalue weighted by Crippen LogP contribution is 2.28. The Morgan fingerprint density at radius 1 is 1.27 bits per heavy atom. The highest BCUT2D eigenvalue weighted by Gasteiger charge is 2.19. The predicted molar refractivity (Wildman–Crippen MR) is 99.7 cm³/mol. The van der Waals surface area contributed by atoms with Crippen LogP contribution in [0.5, 0.6) is 0 Å². The van der Waals surface area contributed by atoms with E-state index in [1.807, 2.05) is 17.5 Å². The van der Waals surface area contributed by atoms with E-state index in [0.717, 1.165) is 9.88 Å². The first-order chi connectivity index (χ1) is 12.5. The molecule has 2 heterocycles. The number of thiazole rings is 1. The second kappa shape index (κ2) is 8.20. The summed E-state index contributed by atoms with van der Waals surface area (Å²) in [6.45, 7) is 1.46. The Morgan fingerprint density at radius 3 is 2.85 bits per heavy atom. The lowest BCUT2D eigenvalue weighted by Gasteiger charge is -2.13. The molecule has 5 nitrogen and oxygen atoms in total. The van der Waals surface area contributed by atoms with Gasteiger partial charge < -0.3 is 10.1 Å². The number of nitrogens with one attached hydrogen (secondary N) is 1. The lowest BCUT2D eigenvalue weighted by Crippen LogP contribution is -2.30. The van der Waals surface area contributed by atoms with Gasteiger partial charge in [0, 0.05) is 11.1 Å². The van der Waals surface area contributed by atoms with Crippen LogP contribution in [0.15, 0.2) is 47.2 Å². The Balaban J connectivity index is 1.53. The molecule has 0 aliphatic carbocycles. The van der Waals surface area contributed by atoms with Gasteiger partial charge in [-0.05, 0) is 36.6 Å². The van der Waals surface area contributed by atoms with Gasteiger partial charge in [0.15, 0.2) is 6.10 Å². The molecule has 1 amide bonds. The number of anilines is 1. The quantitative estimate of drug-likeness (QED) is 0.643. The van der Waals surface area contributed by atoms with E-state index in [4.69, 9.17) is 4.74 Å². The summed E-state index contributed by atoms with van der Waals surface area (Å²) in [4.78, 5) is 29.5. The summed E-state index contributed by atoms with van der Waals surface area (Å²) in [6, 6.07) is 9.40. The molecule has 0 aliphatic rings. The Kier molecular flexibility index (Phi) is 5.75. The Morgan fingerprint density at radius 2 is 2.12 bits per heavy atom. The lowest BCUT2D eigenvalue weighted by molar-refractivity contribution is -0.152. The van der Waals surface area contributed by atoms with Crippen molar-refractivity contribution in [3.05, 3.63) is 58.7 Å². The van der Waals surface area contributed by atoms with Crippen molar-refractivity contribution in [1.82, 2.24) is 4.98 Å². The van der Waals surface area contributed by atoms with E-state index in [2.05, 4.69) is 10.3 Å². The number of amides is 1. The van der Waals surface area contributed by atoms with E-state index in [1.165, 1.54) is 36.5 Å². The van der Waals surface area contributed by atoms with Gasteiger partial charge in [-0.1, -0.05) is 12.1 Å². The number of hydrogen-bond acceptors (Lipinski definition) is 6. The fourth-order valence-electron chi connectivity index (χ4n) is 2.15. The van der Waals surface area contributed by atoms with Crippen molar-refractivity contribution in [2.45, 2.75) is 19.4 Å². The van der Waals surface area contributed by atoms with Gasteiger partial charge in [0.1, 0.15) is 10.8 Å². The molecule has 134 valence electrons. The van der Waals surface area contributed by atoms with E-state index in [0.29, 0.717) is 11.4 Å². The Bertz CT molecular complexity index is 909. The third-order valence-electron chi connectivity index (χ3n) is 3.38. The molecule has 3 rings (SSSR count). The molecule has 0 saturated carbocycles. The monoisotopic (exact) mass is 390 g/mol. The molecule has 1 N–H and O–H groups in total. The normalized spacial score (nSPS) is 11.8. The van der Waals surface area contributed by atoms with Crippen LogP contribution in [0.3, 0.4) is 0 Å². The fraction of sp³-hybridized carbons (Fsp3) is 0.167. The zero-order valence-corrected chi connectivity index (χ0v) is 15.4. The van der Waals surface area contributed by atoms with Gasteiger partial charge >= 0.3 is 5.97 Å². The first-order valence-corrected chi connectivity index (χ1v) is 9.51. The van der Waals surface area contributed by atoms with Crippen LogP contribution in [0.1, 0.15) is 12.6 Å². The third-order valence-corrected chi connectivity index (χ3v) is 5.31. The molecular formula is C18H15FN2O3S2. The van der Waals surface area contributed by atoms with Crippen molar-refractivity contribution in [2.75, 3.05) is 5.32 Å². The number of benzene rings is 1. The average molecular weight is 390 g/mol. The molecule has 0 saturated heterocycles. The number of rotatable bonds is 6. The van der Waals surface area contributed by atoms with E-state index in [1.54, 1.807) is 22.8 Å². The molecule has 1 aromatic carbocycles. The van der Waals surface area contributed by atoms with Crippen LogP contribution < -0.4 is 5.32 Å². The van der Waals surface area contributed by atoms with Crippen molar-refractivity contribution in [1.29, 1.82) is 0 Å². The summed E-state index contributed by atoms with van der Waals surface area (Å²) in [5, 5.41) is 7.11. The minimum Gasteiger partial charge on any atom is -0.452 e. The number of ether oxygens (including phenoxy) is 1. The summed E-state index contributed by atoms with van der Waals surface area (Å²) in [5.74, 6) is -1.53. The third kappa shape index (κ3) is 4.74. The van der Waals surface area contributed by atoms with Crippen molar-refractivity contribution in [2.24, 2.45) is 0 Å². The summed E-state index contributed by atoms with van der Waals surface area (Å²) in [5.41, 5.74) is 0.902. The summed E-state index contributed by atoms with van der Waals surface area (Å²) >= 11 is 3.03. The number of carbonyl (C=O) groups excluding carboxylic acids is 2. The zero-order chi connectivity index (χ0) is 18.5. The molecule has 26 heavy (non-hydrogen) atoms. The maximum absolute atomic E-state index is 13.1. The molecule has 3 aromatic rings. The highest BCUT2D eigenvalue weighted by atomic mass is 32.1. The molecule has 0 unspecified atom stereocenters. The van der Waals surface area contributed by atoms with Crippen molar-refractivity contribution in [3.63, 3.8) is 0 Å². The fourth-order valence-corrected chi connectivity index (χ4v) is 3.79. The maximum atomic E-state index is 13.1. The van der Waals surface area contributed by atoms with Gasteiger partial charge in [0.25, 0.3) is 5.91 Å². The molecule has 8 heteroatoms. The van der Waals surface area contributed by atoms with E-state index < -0.39 is 23.8 Å². The minimum absolute atomic E-state index is 0.0144. The number of nitrogens with zero attached hydrogens (tertiary/aromatic N) is 1. The molecule has 0 fully saturated rings. The largest absolute Gasteiger partial charge is 0.452 e. The first kappa shape index (κ1) is 18.2. The van der Waals surface area contributed by atoms with Crippen LogP contribution in [0.2, 0.25) is 0 Å². The summed E-state index contributed by atoms with van der Waals surface area (Å²) in [7, 11) is 0. The van der Waals surface area contributed by atoms with Crippen molar-refractivity contribution >= 4 is 40.2 Å². The van der Waals surface area contributed by atoms with Crippen LogP contribution in [0.25, 0.3) is 9.88 Å². The maximum Gasteiger partial charge on any atom is 0.312 e. The zero-order valence-electron chi connectivity index (χ0n) is 13.8. The number of carbonyl (C=O) groups is 2. The summed E-state index contributed by atoms with van der Waals surface area (Å²) in [6.07, 6.45) is -1.01. The van der Waals surface area contributed by atoms with Gasteiger partial charge in [-0.25, -0.2) is 9.37 Å². The Hall–Kier alpha value is -2.58. The summed E-state index contributed by atoms with van der Waals surface area (Å²) < 4.78 is 18.3. The predicted octanol–water partition coefficient (Wildman–Crippen LogP) is 4.12. The smallest absolute Gasteiger partial charge is 0.312 e. The first-order valence-electron chi connectivity index (χ1n) is 7.75. The molecule has 0 radical (unpaired) electrons. The van der Waals surface area contributed by atoms with Crippen molar-refractivity contribution in [3.8, 4) is 9.88 Å².